The van der Waals surface area contributed by atoms with Crippen molar-refractivity contribution < 1.29 is 0 Å². The average molecular weight is 180 g/mol. The minimum Gasteiger partial charge on any atom is -0.0625 e. The first-order valence-electron chi connectivity index (χ1n) is 6.16. The maximum Gasteiger partial charge on any atom is -0.0357 e. The van der Waals surface area contributed by atoms with Crippen LogP contribution >= 0.6 is 0 Å². The van der Waals surface area contributed by atoms with E-state index in [2.05, 4.69) is 20.8 Å². The molecule has 2 rings (SSSR count). The van der Waals surface area contributed by atoms with E-state index in [4.69, 9.17) is 0 Å². The molecule has 0 aromatic heterocycles. The summed E-state index contributed by atoms with van der Waals surface area (Å²) in [5.41, 5.74) is 0. The van der Waals surface area contributed by atoms with Crippen LogP contribution in [0.15, 0.2) is 0 Å². The number of rotatable bonds is 1. The lowest BCUT2D eigenvalue weighted by atomic mass is 9.83. The number of hydrogen-bond acceptors (Lipinski definition) is 0. The van der Waals surface area contributed by atoms with Crippen LogP contribution in [0.1, 0.15) is 52.9 Å². The van der Waals surface area contributed by atoms with Gasteiger partial charge >= 0.3 is 0 Å². The van der Waals surface area contributed by atoms with E-state index < -0.39 is 0 Å². The van der Waals surface area contributed by atoms with Crippen molar-refractivity contribution in [3.63, 3.8) is 0 Å². The van der Waals surface area contributed by atoms with Crippen LogP contribution in [0.4, 0.5) is 0 Å². The van der Waals surface area contributed by atoms with Crippen molar-refractivity contribution in [1.29, 1.82) is 0 Å². The lowest BCUT2D eigenvalue weighted by molar-refractivity contribution is 0.272. The van der Waals surface area contributed by atoms with Crippen LogP contribution in [0.25, 0.3) is 0 Å². The summed E-state index contributed by atoms with van der Waals surface area (Å²) < 4.78 is 0. The summed E-state index contributed by atoms with van der Waals surface area (Å²) in [5.74, 6) is 5.23. The lowest BCUT2D eigenvalue weighted by Gasteiger charge is -2.22. The van der Waals surface area contributed by atoms with Gasteiger partial charge in [0.1, 0.15) is 0 Å². The first-order chi connectivity index (χ1) is 6.16. The highest BCUT2D eigenvalue weighted by molar-refractivity contribution is 4.87. The molecule has 2 fully saturated rings. The molecule has 0 spiro atoms. The second-order valence-corrected chi connectivity index (χ2v) is 5.90. The maximum atomic E-state index is 2.48. The molecular formula is C13H24. The Morgan fingerprint density at radius 3 is 2.00 bits per heavy atom. The molecule has 0 heterocycles. The summed E-state index contributed by atoms with van der Waals surface area (Å²) in [6.07, 6.45) is 7.58. The fraction of sp³-hybridized carbons (Fsp3) is 1.00. The molecule has 5 atom stereocenters. The molecule has 0 aromatic rings. The van der Waals surface area contributed by atoms with Gasteiger partial charge in [-0.05, 0) is 55.3 Å². The SMILES string of the molecule is CC1CCC(C2CC(C)CC2C)C1. The van der Waals surface area contributed by atoms with Gasteiger partial charge in [-0.15, -0.1) is 0 Å². The predicted molar refractivity (Wildman–Crippen MR) is 57.6 cm³/mol. The third-order valence-corrected chi connectivity index (χ3v) is 4.52. The molecule has 0 radical (unpaired) electrons. The molecule has 0 amide bonds. The van der Waals surface area contributed by atoms with Gasteiger partial charge in [0.15, 0.2) is 0 Å². The minimum absolute atomic E-state index is 1.01. The summed E-state index contributed by atoms with van der Waals surface area (Å²) in [5, 5.41) is 0. The average Bonchev–Trinajstić information content (AvgIpc) is 2.58. The van der Waals surface area contributed by atoms with Crippen molar-refractivity contribution in [2.45, 2.75) is 52.9 Å². The molecule has 0 heteroatoms. The quantitative estimate of drug-likeness (QED) is 0.570. The Balaban J connectivity index is 1.93. The highest BCUT2D eigenvalue weighted by Crippen LogP contribution is 2.47. The van der Waals surface area contributed by atoms with Crippen molar-refractivity contribution in [3.05, 3.63) is 0 Å². The lowest BCUT2D eigenvalue weighted by Crippen LogP contribution is -2.14. The molecule has 0 aromatic carbocycles. The first kappa shape index (κ1) is 9.55. The van der Waals surface area contributed by atoms with Crippen LogP contribution in [-0.4, -0.2) is 0 Å². The van der Waals surface area contributed by atoms with Crippen molar-refractivity contribution >= 4 is 0 Å². The second-order valence-electron chi connectivity index (χ2n) is 5.90. The monoisotopic (exact) mass is 180 g/mol. The van der Waals surface area contributed by atoms with E-state index in [-0.39, 0.29) is 0 Å². The molecule has 0 N–H and O–H groups in total. The molecule has 0 bridgehead atoms. The Kier molecular flexibility index (Phi) is 2.67. The summed E-state index contributed by atoms with van der Waals surface area (Å²) in [6, 6.07) is 0. The normalized spacial score (nSPS) is 51.5. The molecule has 2 aliphatic carbocycles. The molecule has 76 valence electrons. The highest BCUT2D eigenvalue weighted by Gasteiger charge is 2.37. The van der Waals surface area contributed by atoms with E-state index in [0.717, 1.165) is 29.6 Å². The highest BCUT2D eigenvalue weighted by atomic mass is 14.4. The van der Waals surface area contributed by atoms with Gasteiger partial charge in [-0.2, -0.15) is 0 Å². The number of hydrogen-bond donors (Lipinski definition) is 0. The van der Waals surface area contributed by atoms with Crippen LogP contribution in [0.2, 0.25) is 0 Å². The summed E-state index contributed by atoms with van der Waals surface area (Å²) in [7, 11) is 0. The fourth-order valence-corrected chi connectivity index (χ4v) is 3.90. The van der Waals surface area contributed by atoms with E-state index in [1.165, 1.54) is 32.1 Å². The molecule has 13 heavy (non-hydrogen) atoms. The second kappa shape index (κ2) is 3.63. The van der Waals surface area contributed by atoms with Crippen LogP contribution in [0.3, 0.4) is 0 Å². The molecule has 0 nitrogen and oxygen atoms in total. The van der Waals surface area contributed by atoms with Crippen molar-refractivity contribution in [2.75, 3.05) is 0 Å². The third-order valence-electron chi connectivity index (χ3n) is 4.52. The zero-order valence-corrected chi connectivity index (χ0v) is 9.42. The van der Waals surface area contributed by atoms with Crippen molar-refractivity contribution in [2.24, 2.45) is 29.6 Å². The third kappa shape index (κ3) is 1.92. The van der Waals surface area contributed by atoms with Gasteiger partial charge in [-0.3, -0.25) is 0 Å². The van der Waals surface area contributed by atoms with Gasteiger partial charge in [-0.25, -0.2) is 0 Å². The van der Waals surface area contributed by atoms with Crippen molar-refractivity contribution in [3.8, 4) is 0 Å². The topological polar surface area (TPSA) is 0 Å². The van der Waals surface area contributed by atoms with Gasteiger partial charge < -0.3 is 0 Å². The fourth-order valence-electron chi connectivity index (χ4n) is 3.90. The molecule has 5 unspecified atom stereocenters. The van der Waals surface area contributed by atoms with Gasteiger partial charge in [-0.1, -0.05) is 27.2 Å². The molecule has 0 saturated heterocycles. The maximum absolute atomic E-state index is 2.48. The molecule has 0 aliphatic heterocycles. The van der Waals surface area contributed by atoms with Gasteiger partial charge in [0.05, 0.1) is 0 Å². The van der Waals surface area contributed by atoms with Crippen LogP contribution < -0.4 is 0 Å². The van der Waals surface area contributed by atoms with Crippen LogP contribution in [-0.2, 0) is 0 Å². The summed E-state index contributed by atoms with van der Waals surface area (Å²) >= 11 is 0. The van der Waals surface area contributed by atoms with E-state index in [1.807, 2.05) is 0 Å². The predicted octanol–water partition coefficient (Wildman–Crippen LogP) is 4.10. The van der Waals surface area contributed by atoms with E-state index in [9.17, 15) is 0 Å². The minimum atomic E-state index is 1.01. The Morgan fingerprint density at radius 1 is 0.769 bits per heavy atom. The zero-order valence-electron chi connectivity index (χ0n) is 9.42. The Labute approximate surface area is 83.1 Å². The van der Waals surface area contributed by atoms with Gasteiger partial charge in [0.2, 0.25) is 0 Å². The summed E-state index contributed by atoms with van der Waals surface area (Å²) in [6.45, 7) is 7.36. The van der Waals surface area contributed by atoms with Gasteiger partial charge in [0, 0.05) is 0 Å². The van der Waals surface area contributed by atoms with Crippen molar-refractivity contribution in [1.82, 2.24) is 0 Å². The standard InChI is InChI=1S/C13H24/c1-9-4-5-12(7-9)13-8-10(2)6-11(13)3/h9-13H,4-8H2,1-3H3. The molecular weight excluding hydrogens is 156 g/mol. The van der Waals surface area contributed by atoms with Crippen LogP contribution in [0, 0.1) is 29.6 Å². The van der Waals surface area contributed by atoms with E-state index in [0.29, 0.717) is 0 Å². The zero-order chi connectivity index (χ0) is 9.42. The van der Waals surface area contributed by atoms with Gasteiger partial charge in [0.25, 0.3) is 0 Å². The van der Waals surface area contributed by atoms with E-state index in [1.54, 1.807) is 0 Å². The van der Waals surface area contributed by atoms with Crippen LogP contribution in [0.5, 0.6) is 0 Å². The Morgan fingerprint density at radius 2 is 1.54 bits per heavy atom. The summed E-state index contributed by atoms with van der Waals surface area (Å²) in [4.78, 5) is 0. The largest absolute Gasteiger partial charge is 0.0625 e. The Bertz CT molecular complexity index is 173. The molecule has 2 aliphatic rings. The first-order valence-corrected chi connectivity index (χ1v) is 6.16. The van der Waals surface area contributed by atoms with E-state index >= 15 is 0 Å². The molecule has 2 saturated carbocycles. The Hall–Kier alpha value is 0. The smallest absolute Gasteiger partial charge is 0.0357 e.